The minimum atomic E-state index is -4.47. The fourth-order valence-corrected chi connectivity index (χ4v) is 1.84. The topological polar surface area (TPSA) is 43.8 Å². The zero-order valence-corrected chi connectivity index (χ0v) is 9.91. The Morgan fingerprint density at radius 3 is 2.61 bits per heavy atom. The van der Waals surface area contributed by atoms with Gasteiger partial charge in [-0.15, -0.1) is 0 Å². The van der Waals surface area contributed by atoms with Crippen LogP contribution in [0.4, 0.5) is 13.2 Å². The van der Waals surface area contributed by atoms with Gasteiger partial charge in [-0.2, -0.15) is 13.2 Å². The molecule has 1 unspecified atom stereocenters. The number of halogens is 3. The highest BCUT2D eigenvalue weighted by Gasteiger charge is 2.37. The van der Waals surface area contributed by atoms with Gasteiger partial charge in [0.25, 0.3) is 0 Å². The number of para-hydroxylation sites is 2. The third kappa shape index (κ3) is 2.33. The molecule has 1 aromatic heterocycles. The van der Waals surface area contributed by atoms with Crippen molar-refractivity contribution in [3.8, 4) is 0 Å². The van der Waals surface area contributed by atoms with Crippen LogP contribution in [0, 0.1) is 0 Å². The standard InChI is InChI=1S/C12H14F3N3/c1-2-8(16)7-18-10-6-4-3-5-9(10)17-11(18)12(13,14)15/h3-6,8H,2,7,16H2,1H3. The van der Waals surface area contributed by atoms with Crippen molar-refractivity contribution < 1.29 is 13.2 Å². The number of imidazole rings is 1. The molecule has 18 heavy (non-hydrogen) atoms. The van der Waals surface area contributed by atoms with Crippen molar-refractivity contribution in [3.63, 3.8) is 0 Å². The van der Waals surface area contributed by atoms with Crippen LogP contribution in [0.2, 0.25) is 0 Å². The molecule has 1 aromatic carbocycles. The Labute approximate surface area is 102 Å². The van der Waals surface area contributed by atoms with Crippen LogP contribution in [0.1, 0.15) is 19.2 Å². The van der Waals surface area contributed by atoms with Gasteiger partial charge in [0.1, 0.15) is 0 Å². The second-order valence-corrected chi connectivity index (χ2v) is 4.20. The number of fused-ring (bicyclic) bond motifs is 1. The van der Waals surface area contributed by atoms with Gasteiger partial charge in [-0.25, -0.2) is 4.98 Å². The van der Waals surface area contributed by atoms with E-state index in [0.717, 1.165) is 4.57 Å². The van der Waals surface area contributed by atoms with Crippen molar-refractivity contribution in [2.24, 2.45) is 5.73 Å². The molecule has 1 atom stereocenters. The van der Waals surface area contributed by atoms with Gasteiger partial charge < -0.3 is 10.3 Å². The molecule has 2 N–H and O–H groups in total. The normalized spacial score (nSPS) is 14.1. The quantitative estimate of drug-likeness (QED) is 0.918. The molecule has 0 aliphatic rings. The summed E-state index contributed by atoms with van der Waals surface area (Å²) in [4.78, 5) is 3.65. The van der Waals surface area contributed by atoms with Crippen LogP contribution in [0.5, 0.6) is 0 Å². The molecule has 3 nitrogen and oxygen atoms in total. The Balaban J connectivity index is 2.58. The summed E-state index contributed by atoms with van der Waals surface area (Å²) in [5, 5.41) is 0. The number of nitrogens with two attached hydrogens (primary N) is 1. The highest BCUT2D eigenvalue weighted by Crippen LogP contribution is 2.31. The Kier molecular flexibility index (Phi) is 3.30. The Morgan fingerprint density at radius 1 is 1.33 bits per heavy atom. The second-order valence-electron chi connectivity index (χ2n) is 4.20. The smallest absolute Gasteiger partial charge is 0.326 e. The molecule has 0 amide bonds. The Morgan fingerprint density at radius 2 is 2.00 bits per heavy atom. The van der Waals surface area contributed by atoms with E-state index in [1.807, 2.05) is 6.92 Å². The Hall–Kier alpha value is -1.56. The summed E-state index contributed by atoms with van der Waals surface area (Å²) >= 11 is 0. The predicted octanol–water partition coefficient (Wildman–Crippen LogP) is 2.79. The predicted molar refractivity (Wildman–Crippen MR) is 63.0 cm³/mol. The van der Waals surface area contributed by atoms with Crippen molar-refractivity contribution >= 4 is 11.0 Å². The zero-order valence-electron chi connectivity index (χ0n) is 9.91. The van der Waals surface area contributed by atoms with Gasteiger partial charge >= 0.3 is 6.18 Å². The van der Waals surface area contributed by atoms with E-state index in [0.29, 0.717) is 17.5 Å². The first-order valence-electron chi connectivity index (χ1n) is 5.71. The van der Waals surface area contributed by atoms with Crippen molar-refractivity contribution in [1.82, 2.24) is 9.55 Å². The van der Waals surface area contributed by atoms with Crippen molar-refractivity contribution in [3.05, 3.63) is 30.1 Å². The van der Waals surface area contributed by atoms with E-state index in [4.69, 9.17) is 5.73 Å². The zero-order chi connectivity index (χ0) is 13.3. The fourth-order valence-electron chi connectivity index (χ4n) is 1.84. The molecule has 1 heterocycles. The van der Waals surface area contributed by atoms with Gasteiger partial charge in [-0.05, 0) is 18.6 Å². The Bertz CT molecular complexity index is 545. The SMILES string of the molecule is CCC(N)Cn1c(C(F)(F)F)nc2ccccc21. The van der Waals surface area contributed by atoms with Gasteiger partial charge in [0.2, 0.25) is 5.82 Å². The van der Waals surface area contributed by atoms with Gasteiger partial charge in [0, 0.05) is 12.6 Å². The van der Waals surface area contributed by atoms with Gasteiger partial charge in [0.15, 0.2) is 0 Å². The molecule has 0 bridgehead atoms. The lowest BCUT2D eigenvalue weighted by Gasteiger charge is -2.15. The molecule has 0 aliphatic carbocycles. The maximum Gasteiger partial charge on any atom is 0.449 e. The fraction of sp³-hybridized carbons (Fsp3) is 0.417. The summed E-state index contributed by atoms with van der Waals surface area (Å²) in [6, 6.07) is 6.24. The molecular formula is C12H14F3N3. The van der Waals surface area contributed by atoms with Gasteiger partial charge in [0.05, 0.1) is 11.0 Å². The molecule has 6 heteroatoms. The van der Waals surface area contributed by atoms with Crippen LogP contribution < -0.4 is 5.73 Å². The summed E-state index contributed by atoms with van der Waals surface area (Å²) in [6.45, 7) is 1.96. The molecule has 2 aromatic rings. The van der Waals surface area contributed by atoms with Gasteiger partial charge in [-0.3, -0.25) is 0 Å². The van der Waals surface area contributed by atoms with Crippen LogP contribution >= 0.6 is 0 Å². The summed E-state index contributed by atoms with van der Waals surface area (Å²) in [5.41, 5.74) is 6.56. The van der Waals surface area contributed by atoms with E-state index in [1.54, 1.807) is 24.3 Å². The molecule has 0 fully saturated rings. The first-order valence-corrected chi connectivity index (χ1v) is 5.71. The van der Waals surface area contributed by atoms with Crippen molar-refractivity contribution in [2.75, 3.05) is 0 Å². The number of hydrogen-bond donors (Lipinski definition) is 1. The van der Waals surface area contributed by atoms with E-state index >= 15 is 0 Å². The molecular weight excluding hydrogens is 243 g/mol. The number of benzene rings is 1. The highest BCUT2D eigenvalue weighted by molar-refractivity contribution is 5.76. The van der Waals surface area contributed by atoms with E-state index < -0.39 is 12.0 Å². The van der Waals surface area contributed by atoms with Crippen LogP contribution in [-0.4, -0.2) is 15.6 Å². The molecule has 0 spiro atoms. The number of hydrogen-bond acceptors (Lipinski definition) is 2. The molecule has 2 rings (SSSR count). The number of alkyl halides is 3. The van der Waals surface area contributed by atoms with Crippen LogP contribution in [0.3, 0.4) is 0 Å². The third-order valence-corrected chi connectivity index (χ3v) is 2.85. The summed E-state index contributed by atoms with van der Waals surface area (Å²) in [6.07, 6.45) is -3.85. The van der Waals surface area contributed by atoms with Crippen LogP contribution in [0.25, 0.3) is 11.0 Å². The molecule has 0 saturated heterocycles. The van der Waals surface area contributed by atoms with E-state index in [-0.39, 0.29) is 12.6 Å². The average molecular weight is 257 g/mol. The van der Waals surface area contributed by atoms with Crippen LogP contribution in [0.15, 0.2) is 24.3 Å². The van der Waals surface area contributed by atoms with Crippen LogP contribution in [-0.2, 0) is 12.7 Å². The van der Waals surface area contributed by atoms with Crippen molar-refractivity contribution in [2.45, 2.75) is 32.1 Å². The minimum absolute atomic E-state index is 0.117. The summed E-state index contributed by atoms with van der Waals surface area (Å²) in [5.74, 6) is -0.882. The van der Waals surface area contributed by atoms with Crippen molar-refractivity contribution in [1.29, 1.82) is 0 Å². The number of rotatable bonds is 3. The monoisotopic (exact) mass is 257 g/mol. The maximum atomic E-state index is 12.9. The molecule has 0 saturated carbocycles. The van der Waals surface area contributed by atoms with E-state index in [9.17, 15) is 13.2 Å². The summed E-state index contributed by atoms with van der Waals surface area (Å²) in [7, 11) is 0. The van der Waals surface area contributed by atoms with E-state index in [1.165, 1.54) is 0 Å². The van der Waals surface area contributed by atoms with E-state index in [2.05, 4.69) is 4.98 Å². The largest absolute Gasteiger partial charge is 0.449 e. The summed E-state index contributed by atoms with van der Waals surface area (Å²) < 4.78 is 39.9. The average Bonchev–Trinajstić information content (AvgIpc) is 2.68. The number of aromatic nitrogens is 2. The van der Waals surface area contributed by atoms with Gasteiger partial charge in [-0.1, -0.05) is 19.1 Å². The first-order chi connectivity index (χ1) is 8.43. The minimum Gasteiger partial charge on any atom is -0.326 e. The third-order valence-electron chi connectivity index (χ3n) is 2.85. The lowest BCUT2D eigenvalue weighted by molar-refractivity contribution is -0.147. The maximum absolute atomic E-state index is 12.9. The molecule has 0 radical (unpaired) electrons. The molecule has 0 aliphatic heterocycles. The lowest BCUT2D eigenvalue weighted by Crippen LogP contribution is -2.27. The molecule has 98 valence electrons. The second kappa shape index (κ2) is 4.61. The number of nitrogens with zero attached hydrogens (tertiary/aromatic N) is 2. The highest BCUT2D eigenvalue weighted by atomic mass is 19.4. The lowest BCUT2D eigenvalue weighted by atomic mass is 10.2. The first kappa shape index (κ1) is 12.9.